The van der Waals surface area contributed by atoms with Crippen LogP contribution in [0, 0.1) is 17.5 Å². The fraction of sp³-hybridized carbons (Fsp3) is 0.269. The molecule has 5 nitrogen and oxygen atoms in total. The van der Waals surface area contributed by atoms with Gasteiger partial charge >= 0.3 is 5.97 Å². The van der Waals surface area contributed by atoms with Crippen LogP contribution >= 0.6 is 0 Å². The third-order valence-electron chi connectivity index (χ3n) is 6.34. The average molecular weight is 471 g/mol. The Morgan fingerprint density at radius 2 is 1.68 bits per heavy atom. The average Bonchev–Trinajstić information content (AvgIpc) is 3.14. The minimum absolute atomic E-state index is 0.0460. The Morgan fingerprint density at radius 1 is 1.00 bits per heavy atom. The molecule has 0 spiro atoms. The fourth-order valence-electron chi connectivity index (χ4n) is 4.64. The lowest BCUT2D eigenvalue weighted by atomic mass is 9.69. The highest BCUT2D eigenvalue weighted by molar-refractivity contribution is 5.93. The van der Waals surface area contributed by atoms with Gasteiger partial charge in [0.2, 0.25) is 0 Å². The second-order valence-electron chi connectivity index (χ2n) is 9.27. The van der Waals surface area contributed by atoms with Crippen LogP contribution in [0.15, 0.2) is 54.6 Å². The van der Waals surface area contributed by atoms with Crippen molar-refractivity contribution in [2.75, 3.05) is 0 Å². The van der Waals surface area contributed by atoms with Gasteiger partial charge in [-0.05, 0) is 65.4 Å². The van der Waals surface area contributed by atoms with Gasteiger partial charge in [0.05, 0.1) is 11.6 Å². The summed E-state index contributed by atoms with van der Waals surface area (Å²) in [6, 6.07) is 9.58. The molecule has 2 atom stereocenters. The first kappa shape index (κ1) is 23.8. The van der Waals surface area contributed by atoms with Crippen molar-refractivity contribution in [1.29, 1.82) is 0 Å². The van der Waals surface area contributed by atoms with Crippen LogP contribution < -0.4 is 5.73 Å². The van der Waals surface area contributed by atoms with Crippen molar-refractivity contribution in [2.45, 2.75) is 43.9 Å². The molecular formula is C26H24F3NO4. The summed E-state index contributed by atoms with van der Waals surface area (Å²) in [5.41, 5.74) is 4.83. The smallest absolute Gasteiger partial charge is 0.338 e. The van der Waals surface area contributed by atoms with Crippen molar-refractivity contribution in [3.63, 3.8) is 0 Å². The first-order valence-corrected chi connectivity index (χ1v) is 10.6. The Labute approximate surface area is 194 Å². The van der Waals surface area contributed by atoms with Crippen LogP contribution in [0.5, 0.6) is 5.75 Å². The van der Waals surface area contributed by atoms with Crippen LogP contribution in [0.2, 0.25) is 0 Å². The van der Waals surface area contributed by atoms with Gasteiger partial charge in [0.25, 0.3) is 0 Å². The van der Waals surface area contributed by atoms with Crippen molar-refractivity contribution >= 4 is 5.97 Å². The molecule has 4 rings (SSSR count). The number of benzene rings is 3. The maximum atomic E-state index is 14.2. The van der Waals surface area contributed by atoms with Gasteiger partial charge in [-0.1, -0.05) is 19.9 Å². The molecule has 0 fully saturated rings. The topological polar surface area (TPSA) is 92.8 Å². The summed E-state index contributed by atoms with van der Waals surface area (Å²) in [6.45, 7) is 3.36. The van der Waals surface area contributed by atoms with Crippen LogP contribution in [0.4, 0.5) is 13.2 Å². The van der Waals surface area contributed by atoms with Crippen LogP contribution in [0.25, 0.3) is 0 Å². The zero-order valence-electron chi connectivity index (χ0n) is 18.6. The summed E-state index contributed by atoms with van der Waals surface area (Å²) in [7, 11) is 0. The zero-order valence-corrected chi connectivity index (χ0v) is 18.6. The number of aliphatic hydroxyl groups is 1. The van der Waals surface area contributed by atoms with Crippen LogP contribution in [-0.4, -0.2) is 16.2 Å². The Kier molecular flexibility index (Phi) is 5.91. The van der Waals surface area contributed by atoms with E-state index in [4.69, 9.17) is 10.5 Å². The van der Waals surface area contributed by atoms with Gasteiger partial charge in [0.15, 0.2) is 0 Å². The Morgan fingerprint density at radius 3 is 2.35 bits per heavy atom. The lowest BCUT2D eigenvalue weighted by Gasteiger charge is -2.41. The largest absolute Gasteiger partial charge is 0.508 e. The van der Waals surface area contributed by atoms with Crippen molar-refractivity contribution in [2.24, 2.45) is 5.73 Å². The number of cyclic esters (lactones) is 1. The molecule has 0 bridgehead atoms. The molecule has 3 aromatic carbocycles. The van der Waals surface area contributed by atoms with Gasteiger partial charge in [-0.2, -0.15) is 0 Å². The Hall–Kier alpha value is -3.36. The highest BCUT2D eigenvalue weighted by Crippen LogP contribution is 2.46. The number of esters is 1. The molecular weight excluding hydrogens is 447 g/mol. The van der Waals surface area contributed by atoms with E-state index in [9.17, 15) is 28.2 Å². The standard InChI is InChI=1S/C26H24F3NO4/c1-25(2,21-11-17(27)4-6-22(21)31)13-26(33,16-8-18(28)10-19(29)9-16)23(30)14-3-5-20-15(7-14)12-34-24(20)32/h3-11,23,31,33H,12-13,30H2,1-2H3. The normalized spacial score (nSPS) is 16.0. The third kappa shape index (κ3) is 4.26. The number of nitrogens with two attached hydrogens (primary N) is 1. The van der Waals surface area contributed by atoms with E-state index in [1.165, 1.54) is 12.1 Å². The number of phenols is 1. The SMILES string of the molecule is CC(C)(CC(O)(c1cc(F)cc(F)c1)C(N)c1ccc2c(c1)COC2=O)c1cc(F)ccc1O. The predicted molar refractivity (Wildman–Crippen MR) is 118 cm³/mol. The van der Waals surface area contributed by atoms with Gasteiger partial charge in [-0.3, -0.25) is 0 Å². The van der Waals surface area contributed by atoms with Crippen LogP contribution in [-0.2, 0) is 22.4 Å². The van der Waals surface area contributed by atoms with Crippen LogP contribution in [0.3, 0.4) is 0 Å². The maximum Gasteiger partial charge on any atom is 0.338 e. The first-order chi connectivity index (χ1) is 15.9. The van der Waals surface area contributed by atoms with E-state index in [-0.39, 0.29) is 29.9 Å². The number of carbonyl (C=O) groups excluding carboxylic acids is 1. The number of phenolic OH excluding ortho intramolecular Hbond substituents is 1. The molecule has 178 valence electrons. The third-order valence-corrected chi connectivity index (χ3v) is 6.34. The van der Waals surface area contributed by atoms with Gasteiger partial charge in [-0.15, -0.1) is 0 Å². The molecule has 0 saturated heterocycles. The summed E-state index contributed by atoms with van der Waals surface area (Å²) >= 11 is 0. The molecule has 0 aliphatic carbocycles. The van der Waals surface area contributed by atoms with Gasteiger partial charge in [0.1, 0.15) is 35.4 Å². The molecule has 0 radical (unpaired) electrons. The number of hydrogen-bond donors (Lipinski definition) is 3. The van der Waals surface area contributed by atoms with Crippen molar-refractivity contribution in [3.05, 3.63) is 99.9 Å². The fourth-order valence-corrected chi connectivity index (χ4v) is 4.64. The van der Waals surface area contributed by atoms with Crippen molar-refractivity contribution < 1.29 is 32.9 Å². The zero-order chi connectivity index (χ0) is 24.8. The molecule has 2 unspecified atom stereocenters. The van der Waals surface area contributed by atoms with Gasteiger partial charge in [0, 0.05) is 17.2 Å². The molecule has 0 saturated carbocycles. The summed E-state index contributed by atoms with van der Waals surface area (Å²) in [4.78, 5) is 11.8. The predicted octanol–water partition coefficient (Wildman–Crippen LogP) is 4.74. The second kappa shape index (κ2) is 8.45. The Bertz CT molecular complexity index is 1260. The number of halogens is 3. The molecule has 0 aromatic heterocycles. The number of ether oxygens (including phenoxy) is 1. The molecule has 1 heterocycles. The van der Waals surface area contributed by atoms with Gasteiger partial charge < -0.3 is 20.7 Å². The van der Waals surface area contributed by atoms with Crippen molar-refractivity contribution in [3.8, 4) is 5.75 Å². The van der Waals surface area contributed by atoms with E-state index in [2.05, 4.69) is 0 Å². The number of carbonyl (C=O) groups is 1. The highest BCUT2D eigenvalue weighted by atomic mass is 19.1. The molecule has 1 aliphatic rings. The quantitative estimate of drug-likeness (QED) is 0.452. The number of hydrogen-bond acceptors (Lipinski definition) is 5. The van der Waals surface area contributed by atoms with Crippen molar-refractivity contribution in [1.82, 2.24) is 0 Å². The number of aromatic hydroxyl groups is 1. The number of rotatable bonds is 6. The number of fused-ring (bicyclic) bond motifs is 1. The highest BCUT2D eigenvalue weighted by Gasteiger charge is 2.44. The summed E-state index contributed by atoms with van der Waals surface area (Å²) in [5.74, 6) is -3.06. The monoisotopic (exact) mass is 471 g/mol. The van der Waals surface area contributed by atoms with E-state index in [1.54, 1.807) is 26.0 Å². The maximum absolute atomic E-state index is 14.2. The second-order valence-corrected chi connectivity index (χ2v) is 9.27. The summed E-state index contributed by atoms with van der Waals surface area (Å²) in [5, 5.41) is 22.3. The van der Waals surface area contributed by atoms with E-state index in [0.717, 1.165) is 24.3 Å². The molecule has 8 heteroatoms. The minimum Gasteiger partial charge on any atom is -0.508 e. The summed E-state index contributed by atoms with van der Waals surface area (Å²) in [6.07, 6.45) is -0.229. The first-order valence-electron chi connectivity index (χ1n) is 10.6. The molecule has 0 amide bonds. The lowest BCUT2D eigenvalue weighted by Crippen LogP contribution is -2.43. The molecule has 3 aromatic rings. The minimum atomic E-state index is -2.05. The van der Waals surface area contributed by atoms with E-state index < -0.39 is 40.5 Å². The molecule has 1 aliphatic heterocycles. The van der Waals surface area contributed by atoms with E-state index in [0.29, 0.717) is 22.8 Å². The lowest BCUT2D eigenvalue weighted by molar-refractivity contribution is -0.0181. The van der Waals surface area contributed by atoms with E-state index in [1.807, 2.05) is 0 Å². The Balaban J connectivity index is 1.84. The molecule has 34 heavy (non-hydrogen) atoms. The van der Waals surface area contributed by atoms with Gasteiger partial charge in [-0.25, -0.2) is 18.0 Å². The molecule has 4 N–H and O–H groups in total. The summed E-state index contributed by atoms with van der Waals surface area (Å²) < 4.78 is 47.4. The van der Waals surface area contributed by atoms with Crippen LogP contribution in [0.1, 0.15) is 58.9 Å². The van der Waals surface area contributed by atoms with E-state index >= 15 is 0 Å².